The van der Waals surface area contributed by atoms with E-state index in [4.69, 9.17) is 0 Å². The summed E-state index contributed by atoms with van der Waals surface area (Å²) in [5.41, 5.74) is 1.17. The summed E-state index contributed by atoms with van der Waals surface area (Å²) in [6, 6.07) is 4.16. The van der Waals surface area contributed by atoms with Gasteiger partial charge in [-0.05, 0) is 6.07 Å². The Balaban J connectivity index is 1.97. The van der Waals surface area contributed by atoms with E-state index in [9.17, 15) is 0 Å². The van der Waals surface area contributed by atoms with Crippen molar-refractivity contribution in [2.24, 2.45) is 0 Å². The standard InChI is InChI=1S/C11H9N3S/c1-3-12-10-2-5-14(7-9(1)10)8-11-13-4-6-15-11/h1-7H,8H2/p+1. The number of aromatic nitrogens is 3. The summed E-state index contributed by atoms with van der Waals surface area (Å²) < 4.78 is 2.15. The average Bonchev–Trinajstić information content (AvgIpc) is 2.87. The lowest BCUT2D eigenvalue weighted by molar-refractivity contribution is -0.687. The second kappa shape index (κ2) is 3.47. The van der Waals surface area contributed by atoms with Crippen LogP contribution in [0.2, 0.25) is 0 Å². The molecule has 3 aromatic rings. The summed E-state index contributed by atoms with van der Waals surface area (Å²) in [5, 5.41) is 4.37. The van der Waals surface area contributed by atoms with Gasteiger partial charge in [-0.15, -0.1) is 11.3 Å². The fourth-order valence-electron chi connectivity index (χ4n) is 1.63. The summed E-state index contributed by atoms with van der Waals surface area (Å²) in [6.45, 7) is 0.846. The molecule has 0 aliphatic heterocycles. The van der Waals surface area contributed by atoms with Gasteiger partial charge in [0.1, 0.15) is 0 Å². The van der Waals surface area contributed by atoms with Crippen molar-refractivity contribution >= 4 is 22.2 Å². The highest BCUT2D eigenvalue weighted by molar-refractivity contribution is 7.09. The monoisotopic (exact) mass is 216 g/mol. The van der Waals surface area contributed by atoms with Crippen molar-refractivity contribution in [3.8, 4) is 0 Å². The number of hydrogen-bond acceptors (Lipinski definition) is 2. The summed E-state index contributed by atoms with van der Waals surface area (Å²) in [5.74, 6) is 0. The van der Waals surface area contributed by atoms with Crippen molar-refractivity contribution in [3.05, 3.63) is 47.3 Å². The summed E-state index contributed by atoms with van der Waals surface area (Å²) >= 11 is 1.69. The lowest BCUT2D eigenvalue weighted by Crippen LogP contribution is -2.32. The highest BCUT2D eigenvalue weighted by Gasteiger charge is 2.06. The normalized spacial score (nSPS) is 10.9. The number of fused-ring (bicyclic) bond motifs is 1. The lowest BCUT2D eigenvalue weighted by atomic mass is 10.3. The summed E-state index contributed by atoms with van der Waals surface area (Å²) in [4.78, 5) is 7.45. The van der Waals surface area contributed by atoms with Gasteiger partial charge in [0.15, 0.2) is 23.9 Å². The molecule has 4 heteroatoms. The molecule has 74 valence electrons. The topological polar surface area (TPSA) is 32.6 Å². The number of hydrogen-bond donors (Lipinski definition) is 1. The molecule has 0 aliphatic rings. The smallest absolute Gasteiger partial charge is 0.199 e. The van der Waals surface area contributed by atoms with Crippen molar-refractivity contribution in [1.29, 1.82) is 0 Å². The number of H-pyrrole nitrogens is 1. The molecule has 3 rings (SSSR count). The molecule has 1 N–H and O–H groups in total. The Labute approximate surface area is 91.0 Å². The number of pyridine rings is 1. The van der Waals surface area contributed by atoms with E-state index >= 15 is 0 Å². The van der Waals surface area contributed by atoms with Crippen LogP contribution in [0.15, 0.2) is 42.3 Å². The molecule has 0 unspecified atom stereocenters. The van der Waals surface area contributed by atoms with Gasteiger partial charge in [-0.1, -0.05) is 0 Å². The van der Waals surface area contributed by atoms with E-state index in [1.165, 1.54) is 10.9 Å². The van der Waals surface area contributed by atoms with Gasteiger partial charge in [0, 0.05) is 23.8 Å². The van der Waals surface area contributed by atoms with Crippen LogP contribution in [0.5, 0.6) is 0 Å². The van der Waals surface area contributed by atoms with Crippen LogP contribution >= 0.6 is 11.3 Å². The predicted molar refractivity (Wildman–Crippen MR) is 59.7 cm³/mol. The van der Waals surface area contributed by atoms with Crippen LogP contribution in [-0.4, -0.2) is 9.97 Å². The summed E-state index contributed by atoms with van der Waals surface area (Å²) in [6.07, 6.45) is 8.00. The third-order valence-electron chi connectivity index (χ3n) is 2.35. The first-order chi connectivity index (χ1) is 7.42. The minimum atomic E-state index is 0.846. The van der Waals surface area contributed by atoms with Crippen LogP contribution < -0.4 is 4.57 Å². The molecule has 0 fully saturated rings. The third-order valence-corrected chi connectivity index (χ3v) is 3.12. The van der Waals surface area contributed by atoms with Crippen molar-refractivity contribution in [2.75, 3.05) is 0 Å². The molecule has 0 bridgehead atoms. The minimum absolute atomic E-state index is 0.846. The number of aromatic amines is 1. The third kappa shape index (κ3) is 1.64. The van der Waals surface area contributed by atoms with Gasteiger partial charge in [0.2, 0.25) is 0 Å². The maximum Gasteiger partial charge on any atom is 0.199 e. The van der Waals surface area contributed by atoms with Gasteiger partial charge in [0.05, 0.1) is 10.9 Å². The van der Waals surface area contributed by atoms with Crippen molar-refractivity contribution in [1.82, 2.24) is 9.97 Å². The second-order valence-electron chi connectivity index (χ2n) is 3.39. The minimum Gasteiger partial charge on any atom is -0.361 e. The number of rotatable bonds is 2. The van der Waals surface area contributed by atoms with E-state index in [-0.39, 0.29) is 0 Å². The van der Waals surface area contributed by atoms with Crippen LogP contribution in [0.3, 0.4) is 0 Å². The first kappa shape index (κ1) is 8.61. The summed E-state index contributed by atoms with van der Waals surface area (Å²) in [7, 11) is 0. The van der Waals surface area contributed by atoms with Crippen molar-refractivity contribution < 1.29 is 4.57 Å². The van der Waals surface area contributed by atoms with Gasteiger partial charge in [-0.25, -0.2) is 4.98 Å². The van der Waals surface area contributed by atoms with E-state index in [1.54, 1.807) is 11.3 Å². The zero-order valence-corrected chi connectivity index (χ0v) is 8.87. The zero-order valence-electron chi connectivity index (χ0n) is 8.05. The van der Waals surface area contributed by atoms with E-state index in [0.717, 1.165) is 11.6 Å². The van der Waals surface area contributed by atoms with Gasteiger partial charge in [-0.3, -0.25) is 0 Å². The fourth-order valence-corrected chi connectivity index (χ4v) is 2.25. The van der Waals surface area contributed by atoms with Gasteiger partial charge in [0.25, 0.3) is 0 Å². The van der Waals surface area contributed by atoms with Crippen molar-refractivity contribution in [2.45, 2.75) is 6.54 Å². The van der Waals surface area contributed by atoms with Crippen LogP contribution in [-0.2, 0) is 6.54 Å². The molecule has 0 atom stereocenters. The largest absolute Gasteiger partial charge is 0.361 e. The average molecular weight is 216 g/mol. The molecule has 3 aromatic heterocycles. The van der Waals surface area contributed by atoms with Crippen molar-refractivity contribution in [3.63, 3.8) is 0 Å². The van der Waals surface area contributed by atoms with Crippen LogP contribution in [0.25, 0.3) is 10.9 Å². The molecule has 3 nitrogen and oxygen atoms in total. The quantitative estimate of drug-likeness (QED) is 0.653. The number of thiazole rings is 1. The van der Waals surface area contributed by atoms with E-state index in [0.29, 0.717) is 0 Å². The highest BCUT2D eigenvalue weighted by Crippen LogP contribution is 2.08. The first-order valence-corrected chi connectivity index (χ1v) is 5.64. The number of nitrogens with zero attached hydrogens (tertiary/aromatic N) is 2. The maximum absolute atomic E-state index is 4.27. The Hall–Kier alpha value is -1.68. The first-order valence-electron chi connectivity index (χ1n) is 4.76. The Kier molecular flexibility index (Phi) is 1.99. The molecule has 0 saturated heterocycles. The molecule has 0 radical (unpaired) electrons. The molecule has 0 aliphatic carbocycles. The Morgan fingerprint density at radius 1 is 1.40 bits per heavy atom. The molecular formula is C11H10N3S+. The molecule has 15 heavy (non-hydrogen) atoms. The zero-order chi connectivity index (χ0) is 10.1. The van der Waals surface area contributed by atoms with Gasteiger partial charge < -0.3 is 4.98 Å². The fraction of sp³-hybridized carbons (Fsp3) is 0.0909. The maximum atomic E-state index is 4.27. The van der Waals surface area contributed by atoms with E-state index in [2.05, 4.69) is 39.1 Å². The predicted octanol–water partition coefficient (Wildman–Crippen LogP) is 1.96. The van der Waals surface area contributed by atoms with Crippen LogP contribution in [0.4, 0.5) is 0 Å². The molecule has 0 aromatic carbocycles. The molecule has 0 saturated carbocycles. The van der Waals surface area contributed by atoms with Crippen LogP contribution in [0.1, 0.15) is 5.01 Å². The molecule has 3 heterocycles. The SMILES string of the molecule is c1csc(C[n+]2ccc3[nH]ccc3c2)n1. The second-order valence-corrected chi connectivity index (χ2v) is 4.37. The van der Waals surface area contributed by atoms with Gasteiger partial charge >= 0.3 is 0 Å². The molecule has 0 amide bonds. The van der Waals surface area contributed by atoms with E-state index < -0.39 is 0 Å². The lowest BCUT2D eigenvalue weighted by Gasteiger charge is -1.93. The Bertz CT molecular complexity index is 568. The Morgan fingerprint density at radius 3 is 3.27 bits per heavy atom. The van der Waals surface area contributed by atoms with Crippen LogP contribution in [0, 0.1) is 0 Å². The molecule has 0 spiro atoms. The Morgan fingerprint density at radius 2 is 2.40 bits per heavy atom. The number of nitrogens with one attached hydrogen (secondary N) is 1. The highest BCUT2D eigenvalue weighted by atomic mass is 32.1. The molecular weight excluding hydrogens is 206 g/mol. The van der Waals surface area contributed by atoms with E-state index in [1.807, 2.05) is 17.8 Å². The van der Waals surface area contributed by atoms with Gasteiger partial charge in [-0.2, -0.15) is 4.57 Å².